The van der Waals surface area contributed by atoms with E-state index in [1.54, 1.807) is 0 Å². The van der Waals surface area contributed by atoms with Gasteiger partial charge in [-0.2, -0.15) is 0 Å². The van der Waals surface area contributed by atoms with Gasteiger partial charge >= 0.3 is 0 Å². The Hall–Kier alpha value is -0.195. The molecule has 0 rings (SSSR count). The predicted octanol–water partition coefficient (Wildman–Crippen LogP) is 6.13. The molecule has 0 bridgehead atoms. The molecule has 0 N–H and O–H groups in total. The fraction of sp³-hybridized carbons (Fsp3) is 0.882. The van der Waals surface area contributed by atoms with E-state index in [1.165, 1.54) is 31.2 Å². The van der Waals surface area contributed by atoms with Crippen LogP contribution in [0.5, 0.6) is 0 Å². The van der Waals surface area contributed by atoms with Crippen LogP contribution in [-0.2, 0) is 0 Å². The lowest BCUT2D eigenvalue weighted by Crippen LogP contribution is -2.29. The van der Waals surface area contributed by atoms with Gasteiger partial charge in [0.1, 0.15) is 7.28 Å². The molecule has 0 aliphatic heterocycles. The molecule has 0 spiro atoms. The number of rotatable bonds is 8. The summed E-state index contributed by atoms with van der Waals surface area (Å²) in [5.41, 5.74) is 1.75. The summed E-state index contributed by atoms with van der Waals surface area (Å²) in [7, 11) is 2.53. The number of allylic oxidation sites excluding steroid dienone is 1. The van der Waals surface area contributed by atoms with Gasteiger partial charge < -0.3 is 0 Å². The summed E-state index contributed by atoms with van der Waals surface area (Å²) in [6.45, 7) is 20.6. The van der Waals surface area contributed by atoms with Crippen molar-refractivity contribution < 1.29 is 0 Å². The highest BCUT2D eigenvalue weighted by Crippen LogP contribution is 2.46. The van der Waals surface area contributed by atoms with Crippen LogP contribution in [0.25, 0.3) is 0 Å². The van der Waals surface area contributed by atoms with E-state index in [-0.39, 0.29) is 0 Å². The Morgan fingerprint density at radius 1 is 1.11 bits per heavy atom. The van der Waals surface area contributed by atoms with Crippen LogP contribution < -0.4 is 0 Å². The first-order valence-electron chi connectivity index (χ1n) is 7.72. The van der Waals surface area contributed by atoms with Crippen LogP contribution in [0.3, 0.4) is 0 Å². The maximum absolute atomic E-state index is 4.33. The second-order valence-corrected chi connectivity index (χ2v) is 7.15. The monoisotopic (exact) mass is 249 g/mol. The summed E-state index contributed by atoms with van der Waals surface area (Å²) in [6, 6.07) is 0. The largest absolute Gasteiger partial charge is 0.117 e. The Balaban J connectivity index is 4.98. The molecular weight excluding hydrogens is 215 g/mol. The van der Waals surface area contributed by atoms with Crippen molar-refractivity contribution in [3.8, 4) is 0 Å². The number of hydrogen-bond donors (Lipinski definition) is 0. The zero-order chi connectivity index (χ0) is 14.4. The summed E-state index contributed by atoms with van der Waals surface area (Å²) in [5.74, 6) is 0.627. The molecule has 105 valence electrons. The Bertz CT molecular complexity index is 241. The quantitative estimate of drug-likeness (QED) is 0.358. The smallest absolute Gasteiger partial charge is 0.0996 e. The molecule has 0 aliphatic carbocycles. The van der Waals surface area contributed by atoms with Gasteiger partial charge in [-0.25, -0.2) is 0 Å². The van der Waals surface area contributed by atoms with Crippen LogP contribution in [0.15, 0.2) is 12.2 Å². The third-order valence-corrected chi connectivity index (χ3v) is 4.18. The van der Waals surface area contributed by atoms with E-state index in [4.69, 9.17) is 0 Å². The Morgan fingerprint density at radius 3 is 2.00 bits per heavy atom. The van der Waals surface area contributed by atoms with Crippen LogP contribution in [0, 0.1) is 11.3 Å². The average molecular weight is 249 g/mol. The van der Waals surface area contributed by atoms with E-state index < -0.39 is 0 Å². The summed E-state index contributed by atoms with van der Waals surface area (Å²) in [6.07, 6.45) is 6.10. The topological polar surface area (TPSA) is 0 Å². The van der Waals surface area contributed by atoms with Gasteiger partial charge in [0.05, 0.1) is 0 Å². The van der Waals surface area contributed by atoms with Gasteiger partial charge in [0.25, 0.3) is 0 Å². The van der Waals surface area contributed by atoms with Gasteiger partial charge in [-0.1, -0.05) is 85.1 Å². The minimum Gasteiger partial charge on any atom is -0.0996 e. The molecule has 0 nitrogen and oxygen atoms in total. The molecule has 0 aliphatic rings. The zero-order valence-corrected chi connectivity index (χ0v) is 13.9. The van der Waals surface area contributed by atoms with Crippen molar-refractivity contribution in [2.24, 2.45) is 11.3 Å². The van der Waals surface area contributed by atoms with Crippen molar-refractivity contribution in [1.29, 1.82) is 0 Å². The normalized spacial score (nSPS) is 17.1. The van der Waals surface area contributed by atoms with Gasteiger partial charge in [0.15, 0.2) is 0 Å². The third-order valence-electron chi connectivity index (χ3n) is 4.18. The van der Waals surface area contributed by atoms with Crippen molar-refractivity contribution in [2.45, 2.75) is 85.8 Å². The molecule has 0 fully saturated rings. The highest BCUT2D eigenvalue weighted by atomic mass is 14.4. The van der Waals surface area contributed by atoms with Crippen molar-refractivity contribution >= 4 is 7.28 Å². The molecule has 0 aromatic carbocycles. The SMILES string of the molecule is C=C(CC)C(CC(C)([B]CC)CCC)C(C)(C)C. The molecule has 0 saturated carbocycles. The Kier molecular flexibility index (Phi) is 7.33. The lowest BCUT2D eigenvalue weighted by atomic mass is 9.46. The van der Waals surface area contributed by atoms with E-state index in [0.29, 0.717) is 16.6 Å². The third kappa shape index (κ3) is 5.63. The van der Waals surface area contributed by atoms with Gasteiger partial charge in [0, 0.05) is 0 Å². The number of hydrogen-bond acceptors (Lipinski definition) is 0. The standard InChI is InChI=1S/C17H34B/c1-9-12-17(8,18-11-3)13-15(14(4)10-2)16(5,6)7/h15H,4,9-13H2,1-3,5-8H3. The first-order valence-corrected chi connectivity index (χ1v) is 7.72. The second-order valence-electron chi connectivity index (χ2n) is 7.15. The Morgan fingerprint density at radius 2 is 1.67 bits per heavy atom. The minimum absolute atomic E-state index is 0.323. The van der Waals surface area contributed by atoms with Gasteiger partial charge in [-0.05, 0) is 24.2 Å². The zero-order valence-electron chi connectivity index (χ0n) is 13.9. The van der Waals surface area contributed by atoms with Crippen molar-refractivity contribution in [1.82, 2.24) is 0 Å². The highest BCUT2D eigenvalue weighted by Gasteiger charge is 2.34. The van der Waals surface area contributed by atoms with Crippen molar-refractivity contribution in [2.75, 3.05) is 0 Å². The molecule has 1 radical (unpaired) electrons. The summed E-state index contributed by atoms with van der Waals surface area (Å²) >= 11 is 0. The van der Waals surface area contributed by atoms with Crippen LogP contribution in [-0.4, -0.2) is 7.28 Å². The van der Waals surface area contributed by atoms with E-state index in [2.05, 4.69) is 62.3 Å². The molecule has 0 aromatic heterocycles. The molecule has 18 heavy (non-hydrogen) atoms. The Labute approximate surface area is 117 Å². The molecule has 0 amide bonds. The van der Waals surface area contributed by atoms with E-state index in [9.17, 15) is 0 Å². The van der Waals surface area contributed by atoms with E-state index >= 15 is 0 Å². The maximum Gasteiger partial charge on any atom is 0.117 e. The summed E-state index contributed by atoms with van der Waals surface area (Å²) in [5, 5.41) is 0.375. The molecule has 0 saturated heterocycles. The van der Waals surface area contributed by atoms with Crippen LogP contribution in [0.1, 0.15) is 74.1 Å². The lowest BCUT2D eigenvalue weighted by Gasteiger charge is -2.40. The van der Waals surface area contributed by atoms with Gasteiger partial charge in [-0.15, -0.1) is 0 Å². The van der Waals surface area contributed by atoms with Crippen molar-refractivity contribution in [3.63, 3.8) is 0 Å². The predicted molar refractivity (Wildman–Crippen MR) is 86.5 cm³/mol. The van der Waals surface area contributed by atoms with Gasteiger partial charge in [-0.3, -0.25) is 0 Å². The summed E-state index contributed by atoms with van der Waals surface area (Å²) < 4.78 is 0. The van der Waals surface area contributed by atoms with E-state index in [0.717, 1.165) is 6.42 Å². The van der Waals surface area contributed by atoms with Crippen LogP contribution >= 0.6 is 0 Å². The minimum atomic E-state index is 0.323. The first kappa shape index (κ1) is 17.8. The highest BCUT2D eigenvalue weighted by molar-refractivity contribution is 6.39. The van der Waals surface area contributed by atoms with E-state index in [1.807, 2.05) is 0 Å². The van der Waals surface area contributed by atoms with Crippen molar-refractivity contribution in [3.05, 3.63) is 12.2 Å². The van der Waals surface area contributed by atoms with Crippen LogP contribution in [0.4, 0.5) is 0 Å². The lowest BCUT2D eigenvalue weighted by molar-refractivity contribution is 0.232. The molecular formula is C17H34B. The molecule has 1 heteroatoms. The molecule has 0 aromatic rings. The fourth-order valence-corrected chi connectivity index (χ4v) is 3.13. The first-order chi connectivity index (χ1) is 8.20. The average Bonchev–Trinajstić information content (AvgIpc) is 2.24. The fourth-order valence-electron chi connectivity index (χ4n) is 3.13. The summed E-state index contributed by atoms with van der Waals surface area (Å²) in [4.78, 5) is 0. The molecule has 2 unspecified atom stereocenters. The second kappa shape index (κ2) is 7.41. The molecule has 0 heterocycles. The maximum atomic E-state index is 4.33. The van der Waals surface area contributed by atoms with Gasteiger partial charge in [0.2, 0.25) is 0 Å². The van der Waals surface area contributed by atoms with Crippen LogP contribution in [0.2, 0.25) is 11.6 Å². The molecule has 2 atom stereocenters.